The van der Waals surface area contributed by atoms with E-state index in [0.717, 1.165) is 35.6 Å². The number of ether oxygens (including phenoxy) is 1. The lowest BCUT2D eigenvalue weighted by Crippen LogP contribution is -2.37. The van der Waals surface area contributed by atoms with Crippen LogP contribution in [0, 0.1) is 6.92 Å². The minimum atomic E-state index is 0.615. The Morgan fingerprint density at radius 2 is 1.83 bits per heavy atom. The third kappa shape index (κ3) is 2.78. The average Bonchev–Trinajstić information content (AvgIpc) is 2.99. The van der Waals surface area contributed by atoms with Gasteiger partial charge in [-0.1, -0.05) is 11.6 Å². The molecule has 0 N–H and O–H groups in total. The quantitative estimate of drug-likeness (QED) is 0.717. The number of nitrogens with zero attached hydrogens (tertiary/aromatic N) is 3. The summed E-state index contributed by atoms with van der Waals surface area (Å²) in [5, 5.41) is 1.64. The minimum absolute atomic E-state index is 0.615. The maximum absolute atomic E-state index is 5.95. The van der Waals surface area contributed by atoms with E-state index in [1.54, 1.807) is 0 Å². The van der Waals surface area contributed by atoms with Gasteiger partial charge in [-0.05, 0) is 37.3 Å². The number of halogens is 1. The molecule has 0 aliphatic carbocycles. The summed E-state index contributed by atoms with van der Waals surface area (Å²) in [7, 11) is 0. The third-order valence-electron chi connectivity index (χ3n) is 3.92. The van der Waals surface area contributed by atoms with E-state index in [9.17, 15) is 0 Å². The fourth-order valence-corrected chi connectivity index (χ4v) is 2.91. The molecule has 1 aliphatic rings. The van der Waals surface area contributed by atoms with Crippen molar-refractivity contribution in [1.82, 2.24) is 9.97 Å². The molecule has 118 valence electrons. The molecule has 1 aromatic carbocycles. The predicted octanol–water partition coefficient (Wildman–Crippen LogP) is 3.69. The van der Waals surface area contributed by atoms with E-state index in [-0.39, 0.29) is 0 Å². The average molecular weight is 330 g/mol. The van der Waals surface area contributed by atoms with Gasteiger partial charge in [-0.25, -0.2) is 4.98 Å². The molecular weight excluding hydrogens is 314 g/mol. The molecule has 0 spiro atoms. The first-order valence-corrected chi connectivity index (χ1v) is 7.95. The molecule has 0 amide bonds. The molecule has 0 unspecified atom stereocenters. The summed E-state index contributed by atoms with van der Waals surface area (Å²) < 4.78 is 11.4. The van der Waals surface area contributed by atoms with Gasteiger partial charge in [-0.2, -0.15) is 4.98 Å². The molecule has 0 radical (unpaired) electrons. The Kier molecular flexibility index (Phi) is 3.67. The number of aromatic nitrogens is 2. The Morgan fingerprint density at radius 3 is 2.57 bits per heavy atom. The molecule has 0 bridgehead atoms. The summed E-state index contributed by atoms with van der Waals surface area (Å²) >= 11 is 5.95. The zero-order valence-electron chi connectivity index (χ0n) is 12.8. The Morgan fingerprint density at radius 1 is 1.09 bits per heavy atom. The van der Waals surface area contributed by atoms with Crippen molar-refractivity contribution in [2.24, 2.45) is 0 Å². The van der Waals surface area contributed by atoms with E-state index in [0.29, 0.717) is 29.8 Å². The molecule has 3 heterocycles. The largest absolute Gasteiger partial charge is 0.438 e. The van der Waals surface area contributed by atoms with Crippen LogP contribution in [0.3, 0.4) is 0 Å². The number of aryl methyl sites for hydroxylation is 1. The van der Waals surface area contributed by atoms with E-state index in [1.165, 1.54) is 0 Å². The lowest BCUT2D eigenvalue weighted by atomic mass is 10.1. The van der Waals surface area contributed by atoms with Crippen molar-refractivity contribution in [2.75, 3.05) is 31.2 Å². The molecule has 1 aliphatic heterocycles. The third-order valence-corrected chi connectivity index (χ3v) is 4.18. The number of furan rings is 1. The highest BCUT2D eigenvalue weighted by molar-refractivity contribution is 6.30. The summed E-state index contributed by atoms with van der Waals surface area (Å²) in [6.07, 6.45) is 0. The molecule has 1 fully saturated rings. The molecular formula is C17H16ClN3O2. The molecule has 2 aromatic heterocycles. The Bertz CT molecular complexity index is 839. The van der Waals surface area contributed by atoms with Gasteiger partial charge in [0.2, 0.25) is 5.71 Å². The highest BCUT2D eigenvalue weighted by atomic mass is 35.5. The van der Waals surface area contributed by atoms with Crippen molar-refractivity contribution >= 4 is 28.5 Å². The van der Waals surface area contributed by atoms with Crippen LogP contribution in [0.5, 0.6) is 0 Å². The lowest BCUT2D eigenvalue weighted by Gasteiger charge is -2.28. The number of morpholine rings is 1. The summed E-state index contributed by atoms with van der Waals surface area (Å²) in [4.78, 5) is 11.3. The van der Waals surface area contributed by atoms with Crippen LogP contribution in [-0.2, 0) is 4.74 Å². The van der Waals surface area contributed by atoms with E-state index in [2.05, 4.69) is 14.9 Å². The van der Waals surface area contributed by atoms with Crippen LogP contribution in [0.1, 0.15) is 5.82 Å². The second kappa shape index (κ2) is 5.83. The van der Waals surface area contributed by atoms with Crippen LogP contribution >= 0.6 is 11.6 Å². The van der Waals surface area contributed by atoms with Crippen LogP contribution in [-0.4, -0.2) is 36.3 Å². The first-order chi connectivity index (χ1) is 11.2. The van der Waals surface area contributed by atoms with Gasteiger partial charge in [-0.3, -0.25) is 0 Å². The van der Waals surface area contributed by atoms with Gasteiger partial charge in [0.05, 0.1) is 18.6 Å². The number of hydrogen-bond donors (Lipinski definition) is 0. The van der Waals surface area contributed by atoms with Crippen molar-refractivity contribution in [2.45, 2.75) is 6.92 Å². The summed E-state index contributed by atoms with van der Waals surface area (Å²) in [6.45, 7) is 4.97. The van der Waals surface area contributed by atoms with Gasteiger partial charge in [0.25, 0.3) is 0 Å². The highest BCUT2D eigenvalue weighted by Gasteiger charge is 2.19. The van der Waals surface area contributed by atoms with Crippen LogP contribution in [0.2, 0.25) is 5.02 Å². The van der Waals surface area contributed by atoms with Crippen molar-refractivity contribution < 1.29 is 9.15 Å². The van der Waals surface area contributed by atoms with Gasteiger partial charge in [0.1, 0.15) is 17.4 Å². The molecule has 6 heteroatoms. The van der Waals surface area contributed by atoms with Crippen molar-refractivity contribution in [3.05, 3.63) is 41.2 Å². The number of rotatable bonds is 2. The second-order valence-corrected chi connectivity index (χ2v) is 5.97. The Hall–Kier alpha value is -2.11. The monoisotopic (exact) mass is 329 g/mol. The zero-order valence-corrected chi connectivity index (χ0v) is 13.5. The summed E-state index contributed by atoms with van der Waals surface area (Å²) in [6, 6.07) is 9.58. The molecule has 1 saturated heterocycles. The van der Waals surface area contributed by atoms with Gasteiger partial charge in [-0.15, -0.1) is 0 Å². The number of benzene rings is 1. The van der Waals surface area contributed by atoms with Crippen LogP contribution in [0.15, 0.2) is 34.7 Å². The first-order valence-electron chi connectivity index (χ1n) is 7.57. The molecule has 5 nitrogen and oxygen atoms in total. The van der Waals surface area contributed by atoms with Crippen LogP contribution < -0.4 is 4.90 Å². The molecule has 0 saturated carbocycles. The summed E-state index contributed by atoms with van der Waals surface area (Å²) in [5.41, 5.74) is 1.59. The van der Waals surface area contributed by atoms with Crippen molar-refractivity contribution in [3.8, 4) is 11.3 Å². The maximum Gasteiger partial charge on any atom is 0.232 e. The number of anilines is 1. The molecule has 0 atom stereocenters. The standard InChI is InChI=1S/C17H16ClN3O2/c1-11-19-16(21-6-8-22-9-7-21)14-10-15(23-17(14)20-11)12-2-4-13(18)5-3-12/h2-5,10H,6-9H2,1H3. The number of hydrogen-bond acceptors (Lipinski definition) is 5. The van der Waals surface area contributed by atoms with Gasteiger partial charge >= 0.3 is 0 Å². The SMILES string of the molecule is Cc1nc(N2CCOCC2)c2cc(-c3ccc(Cl)cc3)oc2n1. The fourth-order valence-electron chi connectivity index (χ4n) is 2.78. The van der Waals surface area contributed by atoms with E-state index >= 15 is 0 Å². The number of fused-ring (bicyclic) bond motifs is 1. The van der Waals surface area contributed by atoms with Gasteiger partial charge < -0.3 is 14.1 Å². The molecule has 3 aromatic rings. The predicted molar refractivity (Wildman–Crippen MR) is 90.0 cm³/mol. The van der Waals surface area contributed by atoms with Crippen LogP contribution in [0.25, 0.3) is 22.4 Å². The van der Waals surface area contributed by atoms with E-state index < -0.39 is 0 Å². The Balaban J connectivity index is 1.82. The first kappa shape index (κ1) is 14.5. The normalized spacial score (nSPS) is 15.3. The molecule has 23 heavy (non-hydrogen) atoms. The summed E-state index contributed by atoms with van der Waals surface area (Å²) in [5.74, 6) is 2.39. The minimum Gasteiger partial charge on any atom is -0.438 e. The van der Waals surface area contributed by atoms with Crippen molar-refractivity contribution in [1.29, 1.82) is 0 Å². The smallest absolute Gasteiger partial charge is 0.232 e. The topological polar surface area (TPSA) is 51.4 Å². The van der Waals surface area contributed by atoms with Crippen LogP contribution in [0.4, 0.5) is 5.82 Å². The maximum atomic E-state index is 5.95. The highest BCUT2D eigenvalue weighted by Crippen LogP contribution is 2.32. The lowest BCUT2D eigenvalue weighted by molar-refractivity contribution is 0.122. The zero-order chi connectivity index (χ0) is 15.8. The van der Waals surface area contributed by atoms with E-state index in [1.807, 2.05) is 37.3 Å². The van der Waals surface area contributed by atoms with Gasteiger partial charge in [0.15, 0.2) is 0 Å². The van der Waals surface area contributed by atoms with Crippen molar-refractivity contribution in [3.63, 3.8) is 0 Å². The molecule has 4 rings (SSSR count). The Labute approximate surface area is 138 Å². The second-order valence-electron chi connectivity index (χ2n) is 5.53. The fraction of sp³-hybridized carbons (Fsp3) is 0.294. The van der Waals surface area contributed by atoms with E-state index in [4.69, 9.17) is 20.8 Å². The van der Waals surface area contributed by atoms with Gasteiger partial charge in [0, 0.05) is 23.7 Å².